The third kappa shape index (κ3) is 6.41. The Morgan fingerprint density at radius 1 is 1.11 bits per heavy atom. The maximum Gasteiger partial charge on any atom is 0.271 e. The van der Waals surface area contributed by atoms with Crippen LogP contribution in [-0.4, -0.2) is 62.2 Å². The molecule has 0 aliphatic rings. The number of carbonyl (C=O) groups excluding carboxylic acids is 1. The molecule has 0 saturated heterocycles. The Labute approximate surface area is 159 Å². The Bertz CT molecular complexity index is 735. The van der Waals surface area contributed by atoms with E-state index >= 15 is 0 Å². The molecule has 8 nitrogen and oxygen atoms in total. The number of hydrogen-bond acceptors (Lipinski definition) is 7. The smallest absolute Gasteiger partial charge is 0.271 e. The molecular weight excluding hydrogens is 346 g/mol. The van der Waals surface area contributed by atoms with Crippen LogP contribution >= 0.6 is 0 Å². The molecule has 0 saturated carbocycles. The molecule has 0 aliphatic heterocycles. The summed E-state index contributed by atoms with van der Waals surface area (Å²) in [5.74, 6) is 1.73. The van der Waals surface area contributed by atoms with Gasteiger partial charge < -0.3 is 25.0 Å². The fraction of sp³-hybridized carbons (Fsp3) is 0.421. The topological polar surface area (TPSA) is 88.6 Å². The molecule has 1 aromatic carbocycles. The first-order valence-corrected chi connectivity index (χ1v) is 8.73. The van der Waals surface area contributed by atoms with Crippen LogP contribution in [0.2, 0.25) is 0 Å². The molecule has 8 heteroatoms. The zero-order chi connectivity index (χ0) is 19.6. The first kappa shape index (κ1) is 20.4. The predicted octanol–water partition coefficient (Wildman–Crippen LogP) is 1.79. The van der Waals surface area contributed by atoms with Crippen molar-refractivity contribution in [3.8, 4) is 11.5 Å². The summed E-state index contributed by atoms with van der Waals surface area (Å²) in [6, 6.07) is 5.69. The molecule has 2 N–H and O–H groups in total. The summed E-state index contributed by atoms with van der Waals surface area (Å²) < 4.78 is 10.5. The molecule has 0 atom stereocenters. The summed E-state index contributed by atoms with van der Waals surface area (Å²) >= 11 is 0. The van der Waals surface area contributed by atoms with E-state index in [-0.39, 0.29) is 5.91 Å². The second-order valence-electron chi connectivity index (χ2n) is 6.24. The van der Waals surface area contributed by atoms with E-state index in [1.807, 2.05) is 32.3 Å². The lowest BCUT2D eigenvalue weighted by Crippen LogP contribution is -2.27. The first-order valence-electron chi connectivity index (χ1n) is 8.73. The van der Waals surface area contributed by atoms with Crippen molar-refractivity contribution in [2.24, 2.45) is 0 Å². The second-order valence-corrected chi connectivity index (χ2v) is 6.24. The summed E-state index contributed by atoms with van der Waals surface area (Å²) in [7, 11) is 7.21. The van der Waals surface area contributed by atoms with E-state index in [4.69, 9.17) is 9.47 Å². The van der Waals surface area contributed by atoms with Crippen LogP contribution in [0.25, 0.3) is 0 Å². The Balaban J connectivity index is 1.85. The van der Waals surface area contributed by atoms with Gasteiger partial charge in [0.05, 0.1) is 26.6 Å². The van der Waals surface area contributed by atoms with Gasteiger partial charge in [-0.3, -0.25) is 4.79 Å². The number of carbonyl (C=O) groups is 1. The average molecular weight is 373 g/mol. The van der Waals surface area contributed by atoms with Crippen LogP contribution in [0.15, 0.2) is 30.6 Å². The highest BCUT2D eigenvalue weighted by atomic mass is 16.5. The van der Waals surface area contributed by atoms with Crippen LogP contribution in [0, 0.1) is 0 Å². The van der Waals surface area contributed by atoms with Gasteiger partial charge in [0, 0.05) is 13.1 Å². The van der Waals surface area contributed by atoms with Crippen LogP contribution < -0.4 is 20.1 Å². The maximum atomic E-state index is 12.0. The fourth-order valence-electron chi connectivity index (χ4n) is 2.41. The van der Waals surface area contributed by atoms with Crippen molar-refractivity contribution in [2.75, 3.05) is 46.7 Å². The molecule has 1 aromatic heterocycles. The van der Waals surface area contributed by atoms with Gasteiger partial charge in [-0.25, -0.2) is 9.97 Å². The predicted molar refractivity (Wildman–Crippen MR) is 104 cm³/mol. The number of hydrogen-bond donors (Lipinski definition) is 2. The van der Waals surface area contributed by atoms with E-state index < -0.39 is 0 Å². The molecule has 0 spiro atoms. The third-order valence-corrected chi connectivity index (χ3v) is 3.87. The largest absolute Gasteiger partial charge is 0.493 e. The van der Waals surface area contributed by atoms with E-state index in [9.17, 15) is 4.79 Å². The normalized spacial score (nSPS) is 10.6. The van der Waals surface area contributed by atoms with Gasteiger partial charge >= 0.3 is 0 Å². The van der Waals surface area contributed by atoms with E-state index in [1.165, 1.54) is 6.20 Å². The van der Waals surface area contributed by atoms with E-state index in [2.05, 4.69) is 25.5 Å². The van der Waals surface area contributed by atoms with Crippen molar-refractivity contribution in [2.45, 2.75) is 13.0 Å². The van der Waals surface area contributed by atoms with Crippen LogP contribution in [0.1, 0.15) is 22.5 Å². The number of methoxy groups -OCH3 is 2. The summed E-state index contributed by atoms with van der Waals surface area (Å²) in [4.78, 5) is 22.5. The number of nitrogens with zero attached hydrogens (tertiary/aromatic N) is 3. The summed E-state index contributed by atoms with van der Waals surface area (Å²) in [6.45, 7) is 2.08. The minimum absolute atomic E-state index is 0.215. The molecule has 2 aromatic rings. The number of ether oxygens (including phenoxy) is 2. The van der Waals surface area contributed by atoms with E-state index in [1.54, 1.807) is 20.4 Å². The molecular formula is C19H27N5O3. The van der Waals surface area contributed by atoms with Crippen LogP contribution in [-0.2, 0) is 6.54 Å². The number of benzene rings is 1. The number of aromatic nitrogens is 2. The summed E-state index contributed by atoms with van der Waals surface area (Å²) in [5, 5.41) is 6.01. The number of anilines is 1. The SMILES string of the molecule is COc1ccc(CNc2cnc(C(=O)NCCCN(C)C)cn2)cc1OC. The zero-order valence-electron chi connectivity index (χ0n) is 16.3. The molecule has 146 valence electrons. The van der Waals surface area contributed by atoms with Crippen molar-refractivity contribution in [3.63, 3.8) is 0 Å². The van der Waals surface area contributed by atoms with Crippen molar-refractivity contribution >= 4 is 11.7 Å². The van der Waals surface area contributed by atoms with Gasteiger partial charge in [0.25, 0.3) is 5.91 Å². The van der Waals surface area contributed by atoms with Gasteiger partial charge in [-0.05, 0) is 44.8 Å². The van der Waals surface area contributed by atoms with Gasteiger partial charge in [-0.2, -0.15) is 0 Å². The highest BCUT2D eigenvalue weighted by molar-refractivity contribution is 5.91. The number of rotatable bonds is 10. The first-order chi connectivity index (χ1) is 13.0. The highest BCUT2D eigenvalue weighted by Gasteiger charge is 2.08. The maximum absolute atomic E-state index is 12.0. The van der Waals surface area contributed by atoms with Crippen LogP contribution in [0.3, 0.4) is 0 Å². The van der Waals surface area contributed by atoms with Gasteiger partial charge in [0.1, 0.15) is 11.5 Å². The lowest BCUT2D eigenvalue weighted by atomic mass is 10.2. The average Bonchev–Trinajstić information content (AvgIpc) is 2.69. The highest BCUT2D eigenvalue weighted by Crippen LogP contribution is 2.27. The molecule has 27 heavy (non-hydrogen) atoms. The number of nitrogens with one attached hydrogen (secondary N) is 2. The lowest BCUT2D eigenvalue weighted by molar-refractivity contribution is 0.0947. The van der Waals surface area contributed by atoms with Crippen molar-refractivity contribution in [3.05, 3.63) is 41.9 Å². The lowest BCUT2D eigenvalue weighted by Gasteiger charge is -2.11. The molecule has 0 aliphatic carbocycles. The van der Waals surface area contributed by atoms with Crippen molar-refractivity contribution in [1.29, 1.82) is 0 Å². The Hall–Kier alpha value is -2.87. The molecule has 0 radical (unpaired) electrons. The van der Waals surface area contributed by atoms with Crippen LogP contribution in [0.5, 0.6) is 11.5 Å². The zero-order valence-corrected chi connectivity index (χ0v) is 16.3. The van der Waals surface area contributed by atoms with E-state index in [0.717, 1.165) is 18.5 Å². The van der Waals surface area contributed by atoms with Gasteiger partial charge in [-0.15, -0.1) is 0 Å². The summed E-state index contributed by atoms with van der Waals surface area (Å²) in [5.41, 5.74) is 1.31. The van der Waals surface area contributed by atoms with Gasteiger partial charge in [0.2, 0.25) is 0 Å². The molecule has 0 fully saturated rings. The molecule has 0 bridgehead atoms. The fourth-order valence-corrected chi connectivity index (χ4v) is 2.41. The monoisotopic (exact) mass is 373 g/mol. The minimum atomic E-state index is -0.215. The Morgan fingerprint density at radius 3 is 2.52 bits per heavy atom. The van der Waals surface area contributed by atoms with Crippen LogP contribution in [0.4, 0.5) is 5.82 Å². The second kappa shape index (κ2) is 10.3. The Morgan fingerprint density at radius 2 is 1.89 bits per heavy atom. The molecule has 0 unspecified atom stereocenters. The molecule has 1 heterocycles. The van der Waals surface area contributed by atoms with Gasteiger partial charge in [-0.1, -0.05) is 6.07 Å². The van der Waals surface area contributed by atoms with Crippen molar-refractivity contribution in [1.82, 2.24) is 20.2 Å². The molecule has 1 amide bonds. The standard InChI is InChI=1S/C19H27N5O3/c1-24(2)9-5-8-20-19(25)15-12-23-18(13-21-15)22-11-14-6-7-16(26-3)17(10-14)27-4/h6-7,10,12-13H,5,8-9,11H2,1-4H3,(H,20,25)(H,22,23). The van der Waals surface area contributed by atoms with Gasteiger partial charge in [0.15, 0.2) is 11.5 Å². The number of amides is 1. The minimum Gasteiger partial charge on any atom is -0.493 e. The quantitative estimate of drug-likeness (QED) is 0.614. The van der Waals surface area contributed by atoms with E-state index in [0.29, 0.717) is 36.1 Å². The molecule has 2 rings (SSSR count). The third-order valence-electron chi connectivity index (χ3n) is 3.87. The summed E-state index contributed by atoms with van der Waals surface area (Å²) in [6.07, 6.45) is 3.91. The van der Waals surface area contributed by atoms with Crippen molar-refractivity contribution < 1.29 is 14.3 Å². The Kier molecular flexibility index (Phi) is 7.81.